The first-order valence-corrected chi connectivity index (χ1v) is 12.3. The molecule has 0 amide bonds. The molecule has 31 heavy (non-hydrogen) atoms. The number of halogens is 1. The molecule has 9 heteroatoms. The molecule has 1 saturated carbocycles. The highest BCUT2D eigenvalue weighted by Crippen LogP contribution is 2.42. The van der Waals surface area contributed by atoms with E-state index in [2.05, 4.69) is 26.8 Å². The van der Waals surface area contributed by atoms with E-state index >= 15 is 0 Å². The zero-order valence-corrected chi connectivity index (χ0v) is 20.1. The van der Waals surface area contributed by atoms with Gasteiger partial charge < -0.3 is 4.18 Å². The van der Waals surface area contributed by atoms with Crippen molar-refractivity contribution in [1.82, 2.24) is 24.5 Å². The number of nitrogens with zero attached hydrogens (tertiary/aromatic N) is 3. The molecule has 2 aromatic heterocycles. The van der Waals surface area contributed by atoms with E-state index in [1.807, 2.05) is 39.0 Å². The second kappa shape index (κ2) is 8.92. The molecule has 0 aliphatic heterocycles. The van der Waals surface area contributed by atoms with Gasteiger partial charge in [0.1, 0.15) is 10.8 Å². The molecule has 0 radical (unpaired) electrons. The molecule has 1 aliphatic carbocycles. The quantitative estimate of drug-likeness (QED) is 0.521. The smallest absolute Gasteiger partial charge is 0.288 e. The first-order valence-electron chi connectivity index (χ1n) is 10.8. The van der Waals surface area contributed by atoms with Gasteiger partial charge in [0.15, 0.2) is 11.5 Å². The Labute approximate surface area is 190 Å². The van der Waals surface area contributed by atoms with Gasteiger partial charge in [-0.25, -0.2) is 9.71 Å². The van der Waals surface area contributed by atoms with Gasteiger partial charge in [0.2, 0.25) is 0 Å². The summed E-state index contributed by atoms with van der Waals surface area (Å²) in [5.41, 5.74) is 3.73. The van der Waals surface area contributed by atoms with Crippen molar-refractivity contribution in [2.45, 2.75) is 71.1 Å². The van der Waals surface area contributed by atoms with E-state index in [1.165, 1.54) is 19.3 Å². The van der Waals surface area contributed by atoms with Crippen LogP contribution in [-0.4, -0.2) is 30.6 Å². The van der Waals surface area contributed by atoms with E-state index < -0.39 is 11.3 Å². The number of benzene rings is 1. The van der Waals surface area contributed by atoms with Gasteiger partial charge in [-0.3, -0.25) is 5.10 Å². The molecule has 3 aromatic rings. The SMILES string of the molecule is Cc1ccc(C)c(OS(=O)NCC(C)c2nc3c(Cl)c(C4(C)CCCCC4)[nH]n3n2)c1. The normalized spacial score (nSPS) is 18.2. The summed E-state index contributed by atoms with van der Waals surface area (Å²) in [4.78, 5) is 4.66. The lowest BCUT2D eigenvalue weighted by Gasteiger charge is -2.32. The fraction of sp³-hybridized carbons (Fsp3) is 0.545. The van der Waals surface area contributed by atoms with Crippen LogP contribution in [0.1, 0.15) is 74.5 Å². The maximum atomic E-state index is 12.3. The van der Waals surface area contributed by atoms with Crippen molar-refractivity contribution in [3.8, 4) is 5.75 Å². The number of nitrogens with one attached hydrogen (secondary N) is 2. The minimum absolute atomic E-state index is 0.0488. The van der Waals surface area contributed by atoms with Crippen LogP contribution < -0.4 is 8.91 Å². The van der Waals surface area contributed by atoms with Crippen molar-refractivity contribution in [3.63, 3.8) is 0 Å². The third-order valence-electron chi connectivity index (χ3n) is 6.27. The number of fused-ring (bicyclic) bond motifs is 1. The molecule has 1 fully saturated rings. The lowest BCUT2D eigenvalue weighted by atomic mass is 9.73. The minimum atomic E-state index is -1.66. The Kier molecular flexibility index (Phi) is 6.42. The third-order valence-corrected chi connectivity index (χ3v) is 7.37. The maximum Gasteiger partial charge on any atom is 0.288 e. The Hall–Kier alpha value is -1.90. The Bertz CT molecular complexity index is 1100. The van der Waals surface area contributed by atoms with Gasteiger partial charge in [0, 0.05) is 17.9 Å². The van der Waals surface area contributed by atoms with Crippen molar-refractivity contribution in [2.75, 3.05) is 6.54 Å². The Morgan fingerprint density at radius 2 is 2.06 bits per heavy atom. The monoisotopic (exact) mass is 463 g/mol. The number of rotatable bonds is 7. The third kappa shape index (κ3) is 4.66. The van der Waals surface area contributed by atoms with Gasteiger partial charge in [-0.15, -0.1) is 5.10 Å². The fourth-order valence-electron chi connectivity index (χ4n) is 4.20. The molecular weight excluding hydrogens is 434 g/mol. The molecule has 168 valence electrons. The summed E-state index contributed by atoms with van der Waals surface area (Å²) in [7, 11) is 0. The molecule has 2 heterocycles. The highest BCUT2D eigenvalue weighted by atomic mass is 35.5. The standard InChI is InChI=1S/C22H30ClN5O2S/c1-14-8-9-15(2)17(12-14)30-31(29)24-13-16(3)20-25-21-18(23)19(26-28(21)27-20)22(4)10-6-5-7-11-22/h8-9,12,16,24,26H,5-7,10-11,13H2,1-4H3. The van der Waals surface area contributed by atoms with Crippen LogP contribution in [0.4, 0.5) is 0 Å². The molecule has 0 bridgehead atoms. The van der Waals surface area contributed by atoms with Crippen molar-refractivity contribution in [1.29, 1.82) is 0 Å². The molecule has 2 atom stereocenters. The molecule has 1 aliphatic rings. The van der Waals surface area contributed by atoms with Crippen LogP contribution in [0.2, 0.25) is 5.02 Å². The second-order valence-electron chi connectivity index (χ2n) is 8.96. The first kappa shape index (κ1) is 22.3. The summed E-state index contributed by atoms with van der Waals surface area (Å²) >= 11 is 5.05. The lowest BCUT2D eigenvalue weighted by Crippen LogP contribution is -2.27. The summed E-state index contributed by atoms with van der Waals surface area (Å²) in [6.07, 6.45) is 5.96. The molecule has 2 unspecified atom stereocenters. The molecule has 4 rings (SSSR count). The van der Waals surface area contributed by atoms with Crippen LogP contribution >= 0.6 is 11.6 Å². The van der Waals surface area contributed by atoms with E-state index in [0.29, 0.717) is 28.8 Å². The van der Waals surface area contributed by atoms with Crippen LogP contribution in [0.15, 0.2) is 18.2 Å². The largest absolute Gasteiger partial charge is 0.389 e. The van der Waals surface area contributed by atoms with Gasteiger partial charge in [-0.1, -0.05) is 56.8 Å². The first-order chi connectivity index (χ1) is 14.8. The van der Waals surface area contributed by atoms with E-state index in [9.17, 15) is 4.21 Å². The Morgan fingerprint density at radius 1 is 1.32 bits per heavy atom. The molecule has 0 spiro atoms. The maximum absolute atomic E-state index is 12.3. The zero-order chi connectivity index (χ0) is 22.2. The average molecular weight is 464 g/mol. The predicted molar refractivity (Wildman–Crippen MR) is 124 cm³/mol. The van der Waals surface area contributed by atoms with Crippen molar-refractivity contribution >= 4 is 28.5 Å². The molecule has 0 saturated heterocycles. The number of aromatic nitrogens is 4. The van der Waals surface area contributed by atoms with Crippen molar-refractivity contribution in [3.05, 3.63) is 45.9 Å². The summed E-state index contributed by atoms with van der Waals surface area (Å²) in [6, 6.07) is 5.83. The van der Waals surface area contributed by atoms with E-state index in [1.54, 1.807) is 4.63 Å². The summed E-state index contributed by atoms with van der Waals surface area (Å²) in [6.45, 7) is 8.56. The number of aromatic amines is 1. The van der Waals surface area contributed by atoms with Crippen LogP contribution in [0.5, 0.6) is 5.75 Å². The molecular formula is C22H30ClN5O2S. The summed E-state index contributed by atoms with van der Waals surface area (Å²) in [5, 5.41) is 8.62. The fourth-order valence-corrected chi connectivity index (χ4v) is 5.38. The number of aryl methyl sites for hydroxylation is 2. The van der Waals surface area contributed by atoms with E-state index in [4.69, 9.17) is 15.8 Å². The van der Waals surface area contributed by atoms with Crippen LogP contribution in [0.25, 0.3) is 5.65 Å². The minimum Gasteiger partial charge on any atom is -0.389 e. The van der Waals surface area contributed by atoms with Gasteiger partial charge in [-0.2, -0.15) is 8.84 Å². The van der Waals surface area contributed by atoms with Crippen molar-refractivity contribution in [2.24, 2.45) is 0 Å². The number of hydrogen-bond donors (Lipinski definition) is 2. The predicted octanol–water partition coefficient (Wildman–Crippen LogP) is 4.90. The van der Waals surface area contributed by atoms with Gasteiger partial charge >= 0.3 is 0 Å². The number of hydrogen-bond acceptors (Lipinski definition) is 4. The molecule has 1 aromatic carbocycles. The zero-order valence-electron chi connectivity index (χ0n) is 18.5. The highest BCUT2D eigenvalue weighted by Gasteiger charge is 2.34. The van der Waals surface area contributed by atoms with E-state index in [-0.39, 0.29) is 11.3 Å². The van der Waals surface area contributed by atoms with Crippen LogP contribution in [0.3, 0.4) is 0 Å². The average Bonchev–Trinajstić information content (AvgIpc) is 3.29. The summed E-state index contributed by atoms with van der Waals surface area (Å²) in [5.74, 6) is 1.19. The number of H-pyrrole nitrogens is 1. The Morgan fingerprint density at radius 3 is 2.77 bits per heavy atom. The summed E-state index contributed by atoms with van der Waals surface area (Å²) < 4.78 is 22.5. The van der Waals surface area contributed by atoms with E-state index in [0.717, 1.165) is 29.7 Å². The molecule has 2 N–H and O–H groups in total. The second-order valence-corrected chi connectivity index (χ2v) is 10.3. The van der Waals surface area contributed by atoms with Gasteiger partial charge in [-0.05, 0) is 43.9 Å². The highest BCUT2D eigenvalue weighted by molar-refractivity contribution is 7.78. The van der Waals surface area contributed by atoms with Crippen LogP contribution in [0, 0.1) is 13.8 Å². The molecule has 7 nitrogen and oxygen atoms in total. The topological polar surface area (TPSA) is 84.3 Å². The van der Waals surface area contributed by atoms with Gasteiger partial charge in [0.05, 0.1) is 5.69 Å². The Balaban J connectivity index is 1.41. The van der Waals surface area contributed by atoms with Gasteiger partial charge in [0.25, 0.3) is 11.3 Å². The lowest BCUT2D eigenvalue weighted by molar-refractivity contribution is 0.310. The van der Waals surface area contributed by atoms with Crippen molar-refractivity contribution < 1.29 is 8.39 Å². The van der Waals surface area contributed by atoms with Crippen LogP contribution in [-0.2, 0) is 16.7 Å².